The van der Waals surface area contributed by atoms with Crippen molar-refractivity contribution in [3.05, 3.63) is 21.3 Å². The lowest BCUT2D eigenvalue weighted by Gasteiger charge is -2.14. The van der Waals surface area contributed by atoms with Crippen LogP contribution in [0.25, 0.3) is 0 Å². The van der Waals surface area contributed by atoms with Crippen LogP contribution in [0.3, 0.4) is 0 Å². The van der Waals surface area contributed by atoms with E-state index in [1.54, 1.807) is 7.11 Å². The van der Waals surface area contributed by atoms with E-state index in [0.29, 0.717) is 13.0 Å². The molecule has 0 aromatic carbocycles. The Labute approximate surface area is 105 Å². The molecule has 1 unspecified atom stereocenters. The van der Waals surface area contributed by atoms with E-state index in [2.05, 4.69) is 5.32 Å². The van der Waals surface area contributed by atoms with Gasteiger partial charge in [-0.1, -0.05) is 18.5 Å². The van der Waals surface area contributed by atoms with Gasteiger partial charge in [-0.05, 0) is 18.6 Å². The van der Waals surface area contributed by atoms with Crippen molar-refractivity contribution in [2.75, 3.05) is 13.7 Å². The van der Waals surface area contributed by atoms with Crippen LogP contribution in [0, 0.1) is 0 Å². The largest absolute Gasteiger partial charge is 0.374 e. The smallest absolute Gasteiger partial charge is 0.220 e. The highest BCUT2D eigenvalue weighted by atomic mass is 35.5. The van der Waals surface area contributed by atoms with E-state index in [1.165, 1.54) is 11.3 Å². The maximum Gasteiger partial charge on any atom is 0.220 e. The molecule has 0 fully saturated rings. The number of halogens is 1. The Morgan fingerprint density at radius 3 is 2.88 bits per heavy atom. The van der Waals surface area contributed by atoms with Gasteiger partial charge in [0, 0.05) is 25.0 Å². The molecule has 1 N–H and O–H groups in total. The fourth-order valence-electron chi connectivity index (χ4n) is 1.32. The second-order valence-corrected chi connectivity index (χ2v) is 5.17. The van der Waals surface area contributed by atoms with Gasteiger partial charge in [0.2, 0.25) is 5.91 Å². The van der Waals surface area contributed by atoms with E-state index in [1.807, 2.05) is 19.1 Å². The Balaban J connectivity index is 2.46. The highest BCUT2D eigenvalue weighted by Gasteiger charge is 2.13. The quantitative estimate of drug-likeness (QED) is 0.855. The van der Waals surface area contributed by atoms with Crippen molar-refractivity contribution in [2.24, 2.45) is 0 Å². The standard InChI is InChI=1S/C11H16ClNO2S/c1-3-4-11(14)13-7-8(15-2)9-5-6-10(12)16-9/h5-6,8H,3-4,7H2,1-2H3,(H,13,14). The summed E-state index contributed by atoms with van der Waals surface area (Å²) in [4.78, 5) is 12.3. The van der Waals surface area contributed by atoms with E-state index in [4.69, 9.17) is 16.3 Å². The van der Waals surface area contributed by atoms with Crippen LogP contribution < -0.4 is 5.32 Å². The lowest BCUT2D eigenvalue weighted by atomic mass is 10.2. The molecule has 0 bridgehead atoms. The van der Waals surface area contributed by atoms with Gasteiger partial charge >= 0.3 is 0 Å². The van der Waals surface area contributed by atoms with Gasteiger partial charge in [0.1, 0.15) is 6.10 Å². The SMILES string of the molecule is CCCC(=O)NCC(OC)c1ccc(Cl)s1. The first kappa shape index (κ1) is 13.5. The Morgan fingerprint density at radius 2 is 2.38 bits per heavy atom. The minimum Gasteiger partial charge on any atom is -0.374 e. The molecule has 1 amide bonds. The van der Waals surface area contributed by atoms with Crippen molar-refractivity contribution in [3.63, 3.8) is 0 Å². The topological polar surface area (TPSA) is 38.3 Å². The highest BCUT2D eigenvalue weighted by Crippen LogP contribution is 2.28. The molecule has 1 aromatic rings. The molecule has 90 valence electrons. The Hall–Kier alpha value is -0.580. The minimum atomic E-state index is -0.113. The normalized spacial score (nSPS) is 12.4. The predicted octanol–water partition coefficient (Wildman–Crippen LogP) is 3.01. The zero-order valence-electron chi connectivity index (χ0n) is 9.46. The highest BCUT2D eigenvalue weighted by molar-refractivity contribution is 7.16. The number of hydrogen-bond donors (Lipinski definition) is 1. The van der Waals surface area contributed by atoms with Crippen molar-refractivity contribution in [2.45, 2.75) is 25.9 Å². The number of nitrogens with one attached hydrogen (secondary N) is 1. The van der Waals surface area contributed by atoms with Gasteiger partial charge < -0.3 is 10.1 Å². The summed E-state index contributed by atoms with van der Waals surface area (Å²) in [5.74, 6) is 0.0622. The first-order valence-corrected chi connectivity index (χ1v) is 6.41. The monoisotopic (exact) mass is 261 g/mol. The molecule has 0 saturated heterocycles. The molecule has 0 spiro atoms. The Bertz CT molecular complexity index is 340. The third-order valence-electron chi connectivity index (χ3n) is 2.16. The van der Waals surface area contributed by atoms with E-state index in [0.717, 1.165) is 15.6 Å². The van der Waals surface area contributed by atoms with Gasteiger partial charge in [-0.3, -0.25) is 4.79 Å². The fourth-order valence-corrected chi connectivity index (χ4v) is 2.46. The molecular weight excluding hydrogens is 246 g/mol. The fraction of sp³-hybridized carbons (Fsp3) is 0.545. The van der Waals surface area contributed by atoms with E-state index in [9.17, 15) is 4.79 Å². The average Bonchev–Trinajstić information content (AvgIpc) is 2.66. The number of rotatable bonds is 6. The van der Waals surface area contributed by atoms with Crippen molar-refractivity contribution in [3.8, 4) is 0 Å². The summed E-state index contributed by atoms with van der Waals surface area (Å²) < 4.78 is 6.05. The summed E-state index contributed by atoms with van der Waals surface area (Å²) in [5.41, 5.74) is 0. The molecule has 1 aromatic heterocycles. The Morgan fingerprint density at radius 1 is 1.62 bits per heavy atom. The molecule has 0 aliphatic heterocycles. The average molecular weight is 262 g/mol. The van der Waals surface area contributed by atoms with Crippen LogP contribution in [0.5, 0.6) is 0 Å². The number of hydrogen-bond acceptors (Lipinski definition) is 3. The third-order valence-corrected chi connectivity index (χ3v) is 3.48. The third kappa shape index (κ3) is 4.12. The number of methoxy groups -OCH3 is 1. The summed E-state index contributed by atoms with van der Waals surface area (Å²) >= 11 is 7.32. The van der Waals surface area contributed by atoms with Gasteiger partial charge in [0.25, 0.3) is 0 Å². The second-order valence-electron chi connectivity index (χ2n) is 3.42. The summed E-state index contributed by atoms with van der Waals surface area (Å²) in [7, 11) is 1.63. The van der Waals surface area contributed by atoms with Crippen molar-refractivity contribution in [1.82, 2.24) is 5.32 Å². The maximum atomic E-state index is 11.3. The van der Waals surface area contributed by atoms with Gasteiger partial charge in [0.05, 0.1) is 4.34 Å². The summed E-state index contributed by atoms with van der Waals surface area (Å²) in [6.07, 6.45) is 1.30. The van der Waals surface area contributed by atoms with Crippen LogP contribution in [0.2, 0.25) is 4.34 Å². The minimum absolute atomic E-state index is 0.0622. The summed E-state index contributed by atoms with van der Waals surface area (Å²) in [6, 6.07) is 3.76. The molecule has 1 rings (SSSR count). The van der Waals surface area contributed by atoms with Crippen LogP contribution in [0.15, 0.2) is 12.1 Å². The number of amides is 1. The predicted molar refractivity (Wildman–Crippen MR) is 67.0 cm³/mol. The first-order chi connectivity index (χ1) is 7.67. The number of ether oxygens (including phenoxy) is 1. The van der Waals surface area contributed by atoms with Crippen LogP contribution in [0.1, 0.15) is 30.7 Å². The van der Waals surface area contributed by atoms with Gasteiger partial charge in [0.15, 0.2) is 0 Å². The second kappa shape index (κ2) is 6.89. The number of thiophene rings is 1. The first-order valence-electron chi connectivity index (χ1n) is 5.22. The molecule has 0 radical (unpaired) electrons. The van der Waals surface area contributed by atoms with Crippen LogP contribution >= 0.6 is 22.9 Å². The van der Waals surface area contributed by atoms with Gasteiger partial charge in [-0.2, -0.15) is 0 Å². The number of carbonyl (C=O) groups excluding carboxylic acids is 1. The van der Waals surface area contributed by atoms with E-state index in [-0.39, 0.29) is 12.0 Å². The molecule has 16 heavy (non-hydrogen) atoms. The zero-order valence-corrected chi connectivity index (χ0v) is 11.0. The Kier molecular flexibility index (Phi) is 5.80. The summed E-state index contributed by atoms with van der Waals surface area (Å²) in [5, 5.41) is 2.84. The lowest BCUT2D eigenvalue weighted by molar-refractivity contribution is -0.121. The molecule has 3 nitrogen and oxygen atoms in total. The summed E-state index contributed by atoms with van der Waals surface area (Å²) in [6.45, 7) is 2.47. The molecule has 5 heteroatoms. The van der Waals surface area contributed by atoms with Crippen LogP contribution in [-0.2, 0) is 9.53 Å². The number of carbonyl (C=O) groups is 1. The van der Waals surface area contributed by atoms with Crippen molar-refractivity contribution in [1.29, 1.82) is 0 Å². The maximum absolute atomic E-state index is 11.3. The van der Waals surface area contributed by atoms with Gasteiger partial charge in [-0.25, -0.2) is 0 Å². The van der Waals surface area contributed by atoms with Crippen LogP contribution in [-0.4, -0.2) is 19.6 Å². The van der Waals surface area contributed by atoms with E-state index >= 15 is 0 Å². The molecule has 0 aliphatic carbocycles. The zero-order chi connectivity index (χ0) is 12.0. The molecule has 1 heterocycles. The molecule has 1 atom stereocenters. The van der Waals surface area contributed by atoms with E-state index < -0.39 is 0 Å². The van der Waals surface area contributed by atoms with Crippen molar-refractivity contribution >= 4 is 28.8 Å². The van der Waals surface area contributed by atoms with Crippen LogP contribution in [0.4, 0.5) is 0 Å². The van der Waals surface area contributed by atoms with Gasteiger partial charge in [-0.15, -0.1) is 11.3 Å². The molecule has 0 saturated carbocycles. The van der Waals surface area contributed by atoms with Crippen molar-refractivity contribution < 1.29 is 9.53 Å². The lowest BCUT2D eigenvalue weighted by Crippen LogP contribution is -2.28. The molecule has 0 aliphatic rings. The molecular formula is C11H16ClNO2S.